The van der Waals surface area contributed by atoms with Crippen LogP contribution < -0.4 is 5.56 Å². The predicted molar refractivity (Wildman–Crippen MR) is 96.4 cm³/mol. The van der Waals surface area contributed by atoms with Crippen molar-refractivity contribution in [3.8, 4) is 0 Å². The number of hydrogen-bond donors (Lipinski definition) is 2. The van der Waals surface area contributed by atoms with Gasteiger partial charge in [0, 0.05) is 19.4 Å². The zero-order valence-corrected chi connectivity index (χ0v) is 14.9. The second-order valence-electron chi connectivity index (χ2n) is 6.60. The summed E-state index contributed by atoms with van der Waals surface area (Å²) in [6, 6.07) is 1.88. The van der Waals surface area contributed by atoms with Crippen LogP contribution in [0.25, 0.3) is 10.2 Å². The molecule has 1 aliphatic rings. The van der Waals surface area contributed by atoms with Crippen LogP contribution in [0.4, 0.5) is 0 Å². The highest BCUT2D eigenvalue weighted by Gasteiger charge is 2.28. The standard InChI is InChI=1S/C17H21N5O2S/c1-21-8-5-18-16(21)14(23)11-2-6-22(7-3-11)10-13-19-12-4-9-25-15(12)17(24)20-13/h4-5,8-9,11,14,23H,2-3,6-7,10H2,1H3,(H,19,20,24)/t14-/m1/s1. The summed E-state index contributed by atoms with van der Waals surface area (Å²) in [5.41, 5.74) is 0.707. The quantitative estimate of drug-likeness (QED) is 0.740. The second-order valence-corrected chi connectivity index (χ2v) is 7.52. The highest BCUT2D eigenvalue weighted by Crippen LogP contribution is 2.30. The molecule has 1 saturated heterocycles. The van der Waals surface area contributed by atoms with Crippen molar-refractivity contribution in [1.29, 1.82) is 0 Å². The molecular weight excluding hydrogens is 338 g/mol. The summed E-state index contributed by atoms with van der Waals surface area (Å²) in [5, 5.41) is 12.5. The van der Waals surface area contributed by atoms with Gasteiger partial charge in [-0.05, 0) is 43.3 Å². The van der Waals surface area contributed by atoms with Gasteiger partial charge in [0.05, 0.1) is 12.1 Å². The van der Waals surface area contributed by atoms with Gasteiger partial charge in [-0.3, -0.25) is 9.69 Å². The highest BCUT2D eigenvalue weighted by molar-refractivity contribution is 7.17. The Kier molecular flexibility index (Phi) is 4.41. The monoisotopic (exact) mass is 359 g/mol. The summed E-state index contributed by atoms with van der Waals surface area (Å²) >= 11 is 1.42. The van der Waals surface area contributed by atoms with Gasteiger partial charge in [-0.2, -0.15) is 0 Å². The number of imidazole rings is 1. The number of aromatic nitrogens is 4. The molecule has 4 heterocycles. The number of aliphatic hydroxyl groups is 1. The molecule has 2 N–H and O–H groups in total. The third-order valence-corrected chi connectivity index (χ3v) is 5.84. The lowest BCUT2D eigenvalue weighted by Crippen LogP contribution is -2.36. The number of aromatic amines is 1. The topological polar surface area (TPSA) is 87.0 Å². The van der Waals surface area contributed by atoms with E-state index in [1.807, 2.05) is 29.3 Å². The molecule has 8 heteroatoms. The Balaban J connectivity index is 1.40. The van der Waals surface area contributed by atoms with Crippen LogP contribution in [0, 0.1) is 5.92 Å². The van der Waals surface area contributed by atoms with Gasteiger partial charge in [-0.15, -0.1) is 11.3 Å². The van der Waals surface area contributed by atoms with Crippen molar-refractivity contribution in [1.82, 2.24) is 24.4 Å². The molecule has 0 spiro atoms. The lowest BCUT2D eigenvalue weighted by molar-refractivity contribution is 0.0486. The van der Waals surface area contributed by atoms with Crippen LogP contribution in [-0.4, -0.2) is 42.6 Å². The Hall–Kier alpha value is -2.03. The van der Waals surface area contributed by atoms with E-state index < -0.39 is 6.10 Å². The normalized spacial score (nSPS) is 18.0. The predicted octanol–water partition coefficient (Wildman–Crippen LogP) is 1.66. The highest BCUT2D eigenvalue weighted by atomic mass is 32.1. The molecule has 7 nitrogen and oxygen atoms in total. The summed E-state index contributed by atoms with van der Waals surface area (Å²) in [4.78, 5) is 26.0. The number of nitrogens with zero attached hydrogens (tertiary/aromatic N) is 4. The molecule has 3 aromatic rings. The van der Waals surface area contributed by atoms with Gasteiger partial charge < -0.3 is 14.7 Å². The number of thiophene rings is 1. The van der Waals surface area contributed by atoms with Crippen molar-refractivity contribution in [3.05, 3.63) is 45.8 Å². The first kappa shape index (κ1) is 16.4. The summed E-state index contributed by atoms with van der Waals surface area (Å²) in [6.07, 6.45) is 4.85. The molecule has 0 amide bonds. The summed E-state index contributed by atoms with van der Waals surface area (Å²) in [5.74, 6) is 1.65. The maximum Gasteiger partial charge on any atom is 0.268 e. The largest absolute Gasteiger partial charge is 0.385 e. The molecule has 3 aromatic heterocycles. The fourth-order valence-corrected chi connectivity index (χ4v) is 4.23. The van der Waals surface area contributed by atoms with Crippen molar-refractivity contribution in [2.24, 2.45) is 13.0 Å². The number of likely N-dealkylation sites (tertiary alicyclic amines) is 1. The number of piperidine rings is 1. The second kappa shape index (κ2) is 6.70. The third-order valence-electron chi connectivity index (χ3n) is 4.94. The number of aliphatic hydroxyl groups excluding tert-OH is 1. The van der Waals surface area contributed by atoms with E-state index in [0.717, 1.165) is 37.3 Å². The molecule has 0 unspecified atom stereocenters. The number of fused-ring (bicyclic) bond motifs is 1. The average molecular weight is 359 g/mol. The Morgan fingerprint density at radius 2 is 2.24 bits per heavy atom. The van der Waals surface area contributed by atoms with Gasteiger partial charge in [0.25, 0.3) is 5.56 Å². The van der Waals surface area contributed by atoms with Crippen LogP contribution in [0.1, 0.15) is 30.6 Å². The molecular formula is C17H21N5O2S. The smallest absolute Gasteiger partial charge is 0.268 e. The molecule has 0 aliphatic carbocycles. The average Bonchev–Trinajstić information content (AvgIpc) is 3.24. The van der Waals surface area contributed by atoms with Gasteiger partial charge in [0.1, 0.15) is 22.5 Å². The SMILES string of the molecule is Cn1ccnc1[C@H](O)C1CCN(Cc2nc3ccsc3c(=O)[nH]2)CC1. The zero-order chi connectivity index (χ0) is 17.4. The fourth-order valence-electron chi connectivity index (χ4n) is 3.51. The van der Waals surface area contributed by atoms with Gasteiger partial charge in [0.15, 0.2) is 0 Å². The van der Waals surface area contributed by atoms with E-state index >= 15 is 0 Å². The van der Waals surface area contributed by atoms with Gasteiger partial charge in [0.2, 0.25) is 0 Å². The van der Waals surface area contributed by atoms with E-state index in [0.29, 0.717) is 17.1 Å². The van der Waals surface area contributed by atoms with Crippen LogP contribution >= 0.6 is 11.3 Å². The Bertz CT molecular complexity index is 922. The van der Waals surface area contributed by atoms with E-state index in [9.17, 15) is 9.90 Å². The molecule has 4 rings (SSSR count). The van der Waals surface area contributed by atoms with E-state index in [2.05, 4.69) is 19.9 Å². The zero-order valence-electron chi connectivity index (χ0n) is 14.1. The van der Waals surface area contributed by atoms with E-state index in [1.54, 1.807) is 6.20 Å². The van der Waals surface area contributed by atoms with Crippen molar-refractivity contribution in [3.63, 3.8) is 0 Å². The number of rotatable bonds is 4. The van der Waals surface area contributed by atoms with E-state index in [-0.39, 0.29) is 11.5 Å². The molecule has 0 radical (unpaired) electrons. The Labute approximate surface area is 149 Å². The first-order valence-corrected chi connectivity index (χ1v) is 9.34. The fraction of sp³-hybridized carbons (Fsp3) is 0.471. The summed E-state index contributed by atoms with van der Waals surface area (Å²) in [6.45, 7) is 2.38. The van der Waals surface area contributed by atoms with Crippen LogP contribution in [0.2, 0.25) is 0 Å². The van der Waals surface area contributed by atoms with Gasteiger partial charge in [-0.1, -0.05) is 0 Å². The van der Waals surface area contributed by atoms with Crippen LogP contribution in [0.3, 0.4) is 0 Å². The van der Waals surface area contributed by atoms with Crippen molar-refractivity contribution < 1.29 is 5.11 Å². The minimum Gasteiger partial charge on any atom is -0.385 e. The van der Waals surface area contributed by atoms with Gasteiger partial charge >= 0.3 is 0 Å². The molecule has 1 aliphatic heterocycles. The first-order chi connectivity index (χ1) is 12.1. The Morgan fingerprint density at radius 3 is 2.96 bits per heavy atom. The number of aryl methyl sites for hydroxylation is 1. The van der Waals surface area contributed by atoms with E-state index in [1.165, 1.54) is 11.3 Å². The summed E-state index contributed by atoms with van der Waals surface area (Å²) in [7, 11) is 1.91. The number of hydrogen-bond acceptors (Lipinski definition) is 6. The van der Waals surface area contributed by atoms with Crippen molar-refractivity contribution in [2.45, 2.75) is 25.5 Å². The van der Waals surface area contributed by atoms with Gasteiger partial charge in [-0.25, -0.2) is 9.97 Å². The van der Waals surface area contributed by atoms with Crippen molar-refractivity contribution in [2.75, 3.05) is 13.1 Å². The molecule has 25 heavy (non-hydrogen) atoms. The maximum atomic E-state index is 12.1. The Morgan fingerprint density at radius 1 is 1.44 bits per heavy atom. The first-order valence-electron chi connectivity index (χ1n) is 8.46. The number of H-pyrrole nitrogens is 1. The molecule has 1 fully saturated rings. The molecule has 0 saturated carbocycles. The lowest BCUT2D eigenvalue weighted by Gasteiger charge is -2.33. The maximum absolute atomic E-state index is 12.1. The van der Waals surface area contributed by atoms with Crippen LogP contribution in [0.15, 0.2) is 28.6 Å². The van der Waals surface area contributed by atoms with Crippen molar-refractivity contribution >= 4 is 21.6 Å². The molecule has 1 atom stereocenters. The molecule has 0 bridgehead atoms. The molecule has 0 aromatic carbocycles. The van der Waals surface area contributed by atoms with Crippen LogP contribution in [-0.2, 0) is 13.6 Å². The third kappa shape index (κ3) is 3.24. The minimum atomic E-state index is -0.526. The summed E-state index contributed by atoms with van der Waals surface area (Å²) < 4.78 is 2.56. The van der Waals surface area contributed by atoms with E-state index in [4.69, 9.17) is 0 Å². The van der Waals surface area contributed by atoms with Crippen LogP contribution in [0.5, 0.6) is 0 Å². The number of nitrogens with one attached hydrogen (secondary N) is 1. The lowest BCUT2D eigenvalue weighted by atomic mass is 9.90. The minimum absolute atomic E-state index is 0.0601. The molecule has 132 valence electrons.